The minimum Gasteiger partial charge on any atom is -0.482 e. The molecule has 0 fully saturated rings. The molecule has 1 rings (SSSR count). The van der Waals surface area contributed by atoms with Crippen molar-refractivity contribution in [1.82, 2.24) is 10.7 Å². The van der Waals surface area contributed by atoms with Crippen LogP contribution in [0, 0.1) is 0 Å². The lowest BCUT2D eigenvalue weighted by Crippen LogP contribution is -2.37. The van der Waals surface area contributed by atoms with Gasteiger partial charge in [0.25, 0.3) is 0 Å². The van der Waals surface area contributed by atoms with E-state index < -0.39 is 5.97 Å². The topological polar surface area (TPSA) is 83.0 Å². The number of carbonyl (C=O) groups is 1. The number of aliphatic carboxylic acids is 1. The van der Waals surface area contributed by atoms with Crippen molar-refractivity contribution < 1.29 is 14.6 Å². The molecule has 0 aliphatic carbocycles. The second-order valence-corrected chi connectivity index (χ2v) is 5.06. The first-order valence-corrected chi connectivity index (χ1v) is 6.85. The summed E-state index contributed by atoms with van der Waals surface area (Å²) in [5.74, 6) is -0.537. The van der Waals surface area contributed by atoms with Gasteiger partial charge in [0.1, 0.15) is 5.75 Å². The lowest BCUT2D eigenvalue weighted by Gasteiger charge is -2.11. The third kappa shape index (κ3) is 6.71. The molecular weight excluding hydrogens is 290 g/mol. The maximum Gasteiger partial charge on any atom is 0.341 e. The molecule has 0 saturated heterocycles. The van der Waals surface area contributed by atoms with Crippen molar-refractivity contribution in [2.45, 2.75) is 26.8 Å². The van der Waals surface area contributed by atoms with Crippen LogP contribution in [0.1, 0.15) is 26.3 Å². The van der Waals surface area contributed by atoms with Gasteiger partial charge in [-0.3, -0.25) is 5.43 Å². The third-order valence-electron chi connectivity index (χ3n) is 2.36. The van der Waals surface area contributed by atoms with Gasteiger partial charge >= 0.3 is 5.97 Å². The van der Waals surface area contributed by atoms with E-state index in [1.165, 1.54) is 0 Å². The van der Waals surface area contributed by atoms with Crippen molar-refractivity contribution in [1.29, 1.82) is 0 Å². The van der Waals surface area contributed by atoms with Gasteiger partial charge in [0.05, 0.1) is 5.71 Å². The fourth-order valence-electron chi connectivity index (χ4n) is 1.45. The van der Waals surface area contributed by atoms with E-state index >= 15 is 0 Å². The second-order valence-electron chi connectivity index (χ2n) is 4.65. The first-order valence-electron chi connectivity index (χ1n) is 6.44. The van der Waals surface area contributed by atoms with Crippen LogP contribution >= 0.6 is 12.2 Å². The van der Waals surface area contributed by atoms with E-state index in [1.807, 2.05) is 26.8 Å². The summed E-state index contributed by atoms with van der Waals surface area (Å²) < 4.78 is 5.12. The Bertz CT molecular complexity index is 544. The molecule has 0 bridgehead atoms. The first-order chi connectivity index (χ1) is 9.88. The van der Waals surface area contributed by atoms with Gasteiger partial charge in [-0.05, 0) is 45.1 Å². The fraction of sp³-hybridized carbons (Fsp3) is 0.357. The Kier molecular flexibility index (Phi) is 6.61. The van der Waals surface area contributed by atoms with Crippen LogP contribution in [0.5, 0.6) is 5.75 Å². The zero-order chi connectivity index (χ0) is 15.8. The van der Waals surface area contributed by atoms with Crippen molar-refractivity contribution >= 4 is 29.0 Å². The molecular formula is C14H19N3O3S. The van der Waals surface area contributed by atoms with Crippen molar-refractivity contribution in [3.05, 3.63) is 29.8 Å². The molecule has 3 N–H and O–H groups in total. The van der Waals surface area contributed by atoms with Crippen molar-refractivity contribution in [2.24, 2.45) is 5.10 Å². The van der Waals surface area contributed by atoms with Crippen LogP contribution in [0.3, 0.4) is 0 Å². The molecule has 6 nitrogen and oxygen atoms in total. The minimum atomic E-state index is -1.02. The highest BCUT2D eigenvalue weighted by atomic mass is 32.1. The van der Waals surface area contributed by atoms with Gasteiger partial charge in [-0.1, -0.05) is 12.1 Å². The highest BCUT2D eigenvalue weighted by Crippen LogP contribution is 2.13. The molecule has 1 aromatic carbocycles. The standard InChI is InChI=1S/C14H19N3O3S/c1-9(2)15-14(21)17-16-10(3)11-5-4-6-12(7-11)20-8-13(18)19/h4-7,9H,8H2,1-3H3,(H,18,19)(H2,15,17,21)/b16-10-. The van der Waals surface area contributed by atoms with E-state index in [-0.39, 0.29) is 12.6 Å². The van der Waals surface area contributed by atoms with Gasteiger partial charge in [0.15, 0.2) is 11.7 Å². The summed E-state index contributed by atoms with van der Waals surface area (Å²) in [7, 11) is 0. The van der Waals surface area contributed by atoms with E-state index in [4.69, 9.17) is 22.1 Å². The monoisotopic (exact) mass is 309 g/mol. The zero-order valence-corrected chi connectivity index (χ0v) is 13.0. The third-order valence-corrected chi connectivity index (χ3v) is 2.57. The normalized spacial score (nSPS) is 11.1. The second kappa shape index (κ2) is 8.21. The predicted molar refractivity (Wildman–Crippen MR) is 85.8 cm³/mol. The molecule has 0 atom stereocenters. The van der Waals surface area contributed by atoms with Crippen molar-refractivity contribution in [3.63, 3.8) is 0 Å². The molecule has 0 aliphatic heterocycles. The number of nitrogens with one attached hydrogen (secondary N) is 2. The fourth-order valence-corrected chi connectivity index (χ4v) is 1.73. The number of carboxylic acid groups (broad SMARTS) is 1. The lowest BCUT2D eigenvalue weighted by molar-refractivity contribution is -0.139. The Labute approximate surface area is 129 Å². The SMILES string of the molecule is C/C(=N/NC(=S)NC(C)C)c1cccc(OCC(=O)O)c1. The molecule has 0 aromatic heterocycles. The summed E-state index contributed by atoms with van der Waals surface area (Å²) in [6.45, 7) is 5.41. The number of hydrogen-bond donors (Lipinski definition) is 3. The molecule has 1 aromatic rings. The average molecular weight is 309 g/mol. The van der Waals surface area contributed by atoms with Gasteiger partial charge in [0.2, 0.25) is 0 Å². The summed E-state index contributed by atoms with van der Waals surface area (Å²) in [6, 6.07) is 7.28. The number of carboxylic acids is 1. The maximum atomic E-state index is 10.5. The molecule has 7 heteroatoms. The molecule has 0 amide bonds. The first kappa shape index (κ1) is 16.9. The Hall–Kier alpha value is -2.15. The van der Waals surface area contributed by atoms with Crippen molar-refractivity contribution in [2.75, 3.05) is 6.61 Å². The molecule has 0 saturated carbocycles. The summed E-state index contributed by atoms with van der Waals surface area (Å²) in [6.07, 6.45) is 0. The Balaban J connectivity index is 2.68. The number of ether oxygens (including phenoxy) is 1. The number of hydrazone groups is 1. The lowest BCUT2D eigenvalue weighted by atomic mass is 10.1. The summed E-state index contributed by atoms with van der Waals surface area (Å²) in [5.41, 5.74) is 4.28. The minimum absolute atomic E-state index is 0.230. The highest BCUT2D eigenvalue weighted by molar-refractivity contribution is 7.80. The van der Waals surface area contributed by atoms with Crippen molar-refractivity contribution in [3.8, 4) is 5.75 Å². The number of thiocarbonyl (C=S) groups is 1. The smallest absolute Gasteiger partial charge is 0.341 e. The van der Waals surface area contributed by atoms with E-state index in [9.17, 15) is 4.79 Å². The van der Waals surface area contributed by atoms with Crippen LogP contribution in [-0.4, -0.2) is 34.5 Å². The Morgan fingerprint density at radius 1 is 1.48 bits per heavy atom. The average Bonchev–Trinajstić information content (AvgIpc) is 2.42. The van der Waals surface area contributed by atoms with Gasteiger partial charge in [-0.15, -0.1) is 0 Å². The van der Waals surface area contributed by atoms with E-state index in [1.54, 1.807) is 18.2 Å². The van der Waals surface area contributed by atoms with E-state index in [0.29, 0.717) is 16.6 Å². The highest BCUT2D eigenvalue weighted by Gasteiger charge is 2.03. The van der Waals surface area contributed by atoms with Gasteiger partial charge < -0.3 is 15.2 Å². The van der Waals surface area contributed by atoms with Crippen LogP contribution in [0.25, 0.3) is 0 Å². The maximum absolute atomic E-state index is 10.5. The van der Waals surface area contributed by atoms with Gasteiger partial charge in [0, 0.05) is 11.6 Å². The number of rotatable bonds is 6. The van der Waals surface area contributed by atoms with Crippen LogP contribution in [0.2, 0.25) is 0 Å². The molecule has 0 heterocycles. The largest absolute Gasteiger partial charge is 0.482 e. The zero-order valence-electron chi connectivity index (χ0n) is 12.2. The van der Waals surface area contributed by atoms with E-state index in [0.717, 1.165) is 5.56 Å². The van der Waals surface area contributed by atoms with E-state index in [2.05, 4.69) is 15.8 Å². The van der Waals surface area contributed by atoms with Crippen LogP contribution in [0.15, 0.2) is 29.4 Å². The van der Waals surface area contributed by atoms with Crippen LogP contribution in [0.4, 0.5) is 0 Å². The number of hydrogen-bond acceptors (Lipinski definition) is 4. The molecule has 0 spiro atoms. The van der Waals surface area contributed by atoms with Crippen LogP contribution in [-0.2, 0) is 4.79 Å². The molecule has 0 radical (unpaired) electrons. The van der Waals surface area contributed by atoms with Gasteiger partial charge in [-0.2, -0.15) is 5.10 Å². The molecule has 0 aliphatic rings. The summed E-state index contributed by atoms with van der Waals surface area (Å²) in [5, 5.41) is 16.2. The Morgan fingerprint density at radius 3 is 2.81 bits per heavy atom. The molecule has 0 unspecified atom stereocenters. The predicted octanol–water partition coefficient (Wildman–Crippen LogP) is 1.75. The molecule has 21 heavy (non-hydrogen) atoms. The summed E-state index contributed by atoms with van der Waals surface area (Å²) >= 11 is 5.08. The quantitative estimate of drug-likeness (QED) is 0.422. The number of benzene rings is 1. The molecule has 114 valence electrons. The number of nitrogens with zero attached hydrogens (tertiary/aromatic N) is 1. The Morgan fingerprint density at radius 2 is 2.19 bits per heavy atom. The van der Waals surface area contributed by atoms with Gasteiger partial charge in [-0.25, -0.2) is 4.79 Å². The summed E-state index contributed by atoms with van der Waals surface area (Å²) in [4.78, 5) is 10.5. The van der Waals surface area contributed by atoms with Crippen LogP contribution < -0.4 is 15.5 Å².